The number of rotatable bonds is 1. The maximum Gasteiger partial charge on any atom is 0.226 e. The van der Waals surface area contributed by atoms with Gasteiger partial charge in [0.1, 0.15) is 0 Å². The summed E-state index contributed by atoms with van der Waals surface area (Å²) in [5.74, 6) is 2.45. The van der Waals surface area contributed by atoms with Crippen molar-refractivity contribution in [2.75, 3.05) is 13.1 Å². The van der Waals surface area contributed by atoms with E-state index in [4.69, 9.17) is 0 Å². The van der Waals surface area contributed by atoms with Crippen molar-refractivity contribution in [3.05, 3.63) is 0 Å². The topological polar surface area (TPSA) is 32.3 Å². The van der Waals surface area contributed by atoms with Crippen LogP contribution in [0.15, 0.2) is 0 Å². The fraction of sp³-hybridized carbons (Fsp3) is 0.933. The van der Waals surface area contributed by atoms with E-state index in [1.807, 2.05) is 0 Å². The fourth-order valence-electron chi connectivity index (χ4n) is 4.71. The van der Waals surface area contributed by atoms with Crippen LogP contribution in [0.25, 0.3) is 0 Å². The van der Waals surface area contributed by atoms with Crippen LogP contribution < -0.4 is 5.32 Å². The van der Waals surface area contributed by atoms with Crippen molar-refractivity contribution in [3.8, 4) is 0 Å². The number of nitrogens with one attached hydrogen (secondary N) is 1. The van der Waals surface area contributed by atoms with Crippen LogP contribution in [0, 0.1) is 17.8 Å². The number of fused-ring (bicyclic) bond motifs is 3. The predicted molar refractivity (Wildman–Crippen MR) is 70.1 cm³/mol. The molecule has 2 saturated carbocycles. The van der Waals surface area contributed by atoms with Crippen molar-refractivity contribution in [1.82, 2.24) is 10.2 Å². The molecule has 3 nitrogen and oxygen atoms in total. The van der Waals surface area contributed by atoms with Gasteiger partial charge in [-0.15, -0.1) is 0 Å². The lowest BCUT2D eigenvalue weighted by Gasteiger charge is -2.24. The maximum atomic E-state index is 12.7. The zero-order valence-corrected chi connectivity index (χ0v) is 11.1. The minimum Gasteiger partial charge on any atom is -0.341 e. The molecular weight excluding hydrogens is 224 g/mol. The average molecular weight is 248 g/mol. The number of nitrogens with zero attached hydrogens (tertiary/aromatic N) is 1. The molecule has 0 aromatic carbocycles. The van der Waals surface area contributed by atoms with E-state index in [2.05, 4.69) is 10.2 Å². The van der Waals surface area contributed by atoms with E-state index in [0.717, 1.165) is 24.9 Å². The second-order valence-electron chi connectivity index (χ2n) is 6.85. The first-order valence-corrected chi connectivity index (χ1v) is 7.88. The first-order chi connectivity index (χ1) is 8.83. The molecule has 2 aliphatic heterocycles. The van der Waals surface area contributed by atoms with Crippen LogP contribution in [0.4, 0.5) is 0 Å². The van der Waals surface area contributed by atoms with Crippen molar-refractivity contribution in [3.63, 3.8) is 0 Å². The molecule has 4 unspecified atom stereocenters. The Balaban J connectivity index is 1.42. The van der Waals surface area contributed by atoms with Gasteiger partial charge in [0, 0.05) is 31.1 Å². The second-order valence-corrected chi connectivity index (χ2v) is 6.85. The first kappa shape index (κ1) is 11.3. The van der Waals surface area contributed by atoms with Gasteiger partial charge in [0.25, 0.3) is 0 Å². The number of likely N-dealkylation sites (tertiary alicyclic amines) is 1. The molecule has 4 fully saturated rings. The molecule has 18 heavy (non-hydrogen) atoms. The van der Waals surface area contributed by atoms with Crippen molar-refractivity contribution in [2.45, 2.75) is 57.0 Å². The van der Waals surface area contributed by atoms with Crippen LogP contribution in [0.1, 0.15) is 44.9 Å². The third kappa shape index (κ3) is 1.78. The normalized spacial score (nSPS) is 46.4. The Morgan fingerprint density at radius 2 is 1.67 bits per heavy atom. The van der Waals surface area contributed by atoms with Gasteiger partial charge in [-0.1, -0.05) is 12.8 Å². The summed E-state index contributed by atoms with van der Waals surface area (Å²) in [4.78, 5) is 14.8. The highest BCUT2D eigenvalue weighted by atomic mass is 16.2. The van der Waals surface area contributed by atoms with E-state index in [-0.39, 0.29) is 0 Å². The zero-order valence-electron chi connectivity index (χ0n) is 11.1. The van der Waals surface area contributed by atoms with Crippen LogP contribution in [-0.2, 0) is 4.79 Å². The standard InChI is InChI=1S/C15H24N2O/c18-15(14-12-3-1-2-4-13(12)14)17-8-7-10-5-6-11(9-17)16-10/h10-14,16H,1-9H2. The summed E-state index contributed by atoms with van der Waals surface area (Å²) in [5.41, 5.74) is 0. The van der Waals surface area contributed by atoms with E-state index < -0.39 is 0 Å². The Bertz CT molecular complexity index is 344. The molecular formula is C15H24N2O. The largest absolute Gasteiger partial charge is 0.341 e. The quantitative estimate of drug-likeness (QED) is 0.767. The Morgan fingerprint density at radius 1 is 0.944 bits per heavy atom. The van der Waals surface area contributed by atoms with E-state index in [1.165, 1.54) is 44.9 Å². The molecule has 0 radical (unpaired) electrons. The van der Waals surface area contributed by atoms with Gasteiger partial charge < -0.3 is 10.2 Å². The maximum absolute atomic E-state index is 12.7. The van der Waals surface area contributed by atoms with E-state index in [9.17, 15) is 4.79 Å². The molecule has 2 bridgehead atoms. The van der Waals surface area contributed by atoms with Gasteiger partial charge in [0.15, 0.2) is 0 Å². The van der Waals surface area contributed by atoms with Gasteiger partial charge in [-0.2, -0.15) is 0 Å². The lowest BCUT2D eigenvalue weighted by Crippen LogP contribution is -2.40. The molecule has 4 atom stereocenters. The smallest absolute Gasteiger partial charge is 0.226 e. The SMILES string of the molecule is O=C(C1C2CCCCC21)N1CCC2CCC(C1)N2. The number of hydrogen-bond acceptors (Lipinski definition) is 2. The summed E-state index contributed by atoms with van der Waals surface area (Å²) >= 11 is 0. The van der Waals surface area contributed by atoms with Crippen molar-refractivity contribution < 1.29 is 4.79 Å². The Kier molecular flexibility index (Phi) is 2.65. The Labute approximate surface area is 109 Å². The molecule has 3 heteroatoms. The molecule has 2 heterocycles. The third-order valence-corrected chi connectivity index (χ3v) is 5.78. The van der Waals surface area contributed by atoms with Crippen LogP contribution in [0.5, 0.6) is 0 Å². The van der Waals surface area contributed by atoms with E-state index in [1.54, 1.807) is 0 Å². The molecule has 0 aromatic heterocycles. The first-order valence-electron chi connectivity index (χ1n) is 7.88. The minimum absolute atomic E-state index is 0.420. The molecule has 1 N–H and O–H groups in total. The van der Waals surface area contributed by atoms with Gasteiger partial charge in [0.05, 0.1) is 0 Å². The molecule has 4 rings (SSSR count). The highest BCUT2D eigenvalue weighted by molar-refractivity contribution is 5.82. The number of amides is 1. The predicted octanol–water partition coefficient (Wildman–Crippen LogP) is 1.78. The summed E-state index contributed by atoms with van der Waals surface area (Å²) in [7, 11) is 0. The molecule has 2 saturated heterocycles. The van der Waals surface area contributed by atoms with Crippen LogP contribution >= 0.6 is 0 Å². The summed E-state index contributed by atoms with van der Waals surface area (Å²) in [5, 5.41) is 3.67. The second kappa shape index (κ2) is 4.22. The lowest BCUT2D eigenvalue weighted by molar-refractivity contribution is -0.133. The van der Waals surface area contributed by atoms with Crippen LogP contribution in [-0.4, -0.2) is 36.0 Å². The van der Waals surface area contributed by atoms with Crippen LogP contribution in [0.3, 0.4) is 0 Å². The van der Waals surface area contributed by atoms with Gasteiger partial charge in [-0.3, -0.25) is 4.79 Å². The third-order valence-electron chi connectivity index (χ3n) is 5.78. The number of carbonyl (C=O) groups excluding carboxylic acids is 1. The summed E-state index contributed by atoms with van der Waals surface area (Å²) in [6, 6.07) is 1.27. The highest BCUT2D eigenvalue weighted by Crippen LogP contribution is 2.56. The lowest BCUT2D eigenvalue weighted by atomic mass is 10.0. The fourth-order valence-corrected chi connectivity index (χ4v) is 4.71. The van der Waals surface area contributed by atoms with Crippen molar-refractivity contribution >= 4 is 5.91 Å². The summed E-state index contributed by atoms with van der Waals surface area (Å²) in [6.07, 6.45) is 9.12. The van der Waals surface area contributed by atoms with E-state index >= 15 is 0 Å². The van der Waals surface area contributed by atoms with Gasteiger partial charge in [-0.25, -0.2) is 0 Å². The molecule has 0 aromatic rings. The zero-order chi connectivity index (χ0) is 12.1. The monoisotopic (exact) mass is 248 g/mol. The summed E-state index contributed by atoms with van der Waals surface area (Å²) in [6.45, 7) is 1.98. The Morgan fingerprint density at radius 3 is 2.44 bits per heavy atom. The molecule has 2 aliphatic carbocycles. The van der Waals surface area contributed by atoms with Gasteiger partial charge in [-0.05, 0) is 43.9 Å². The number of hydrogen-bond donors (Lipinski definition) is 1. The van der Waals surface area contributed by atoms with Gasteiger partial charge in [0.2, 0.25) is 5.91 Å². The molecule has 1 amide bonds. The van der Waals surface area contributed by atoms with Crippen molar-refractivity contribution in [2.24, 2.45) is 17.8 Å². The molecule has 100 valence electrons. The highest BCUT2D eigenvalue weighted by Gasteiger charge is 2.56. The minimum atomic E-state index is 0.420. The Hall–Kier alpha value is -0.570. The summed E-state index contributed by atoms with van der Waals surface area (Å²) < 4.78 is 0. The molecule has 4 aliphatic rings. The number of carbonyl (C=O) groups is 1. The van der Waals surface area contributed by atoms with Gasteiger partial charge >= 0.3 is 0 Å². The average Bonchev–Trinajstić information content (AvgIpc) is 3.00. The van der Waals surface area contributed by atoms with Crippen molar-refractivity contribution in [1.29, 1.82) is 0 Å². The molecule has 0 spiro atoms. The van der Waals surface area contributed by atoms with Crippen LogP contribution in [0.2, 0.25) is 0 Å². The van der Waals surface area contributed by atoms with E-state index in [0.29, 0.717) is 23.9 Å².